The summed E-state index contributed by atoms with van der Waals surface area (Å²) in [6, 6.07) is 0.0311. The van der Waals surface area contributed by atoms with Gasteiger partial charge in [-0.15, -0.1) is 0 Å². The lowest BCUT2D eigenvalue weighted by molar-refractivity contribution is -0.129. The van der Waals surface area contributed by atoms with E-state index < -0.39 is 0 Å². The van der Waals surface area contributed by atoms with Crippen LogP contribution in [0.15, 0.2) is 0 Å². The third-order valence-corrected chi connectivity index (χ3v) is 3.73. The number of amides is 1. The van der Waals surface area contributed by atoms with Crippen LogP contribution in [0.3, 0.4) is 0 Å². The Morgan fingerprint density at radius 3 is 2.71 bits per heavy atom. The van der Waals surface area contributed by atoms with Gasteiger partial charge in [0.1, 0.15) is 0 Å². The van der Waals surface area contributed by atoms with Gasteiger partial charge < -0.3 is 4.90 Å². The van der Waals surface area contributed by atoms with Crippen LogP contribution < -0.4 is 5.32 Å². The molecule has 2 fully saturated rings. The lowest BCUT2D eigenvalue weighted by atomic mass is 9.76. The van der Waals surface area contributed by atoms with E-state index in [1.807, 2.05) is 11.8 Å². The predicted molar refractivity (Wildman–Crippen MR) is 55.7 cm³/mol. The maximum absolute atomic E-state index is 11.6. The molecule has 0 aromatic rings. The van der Waals surface area contributed by atoms with Crippen LogP contribution in [0.5, 0.6) is 0 Å². The summed E-state index contributed by atoms with van der Waals surface area (Å²) < 4.78 is 0. The summed E-state index contributed by atoms with van der Waals surface area (Å²) in [5.74, 6) is 1.83. The molecule has 0 radical (unpaired) electrons. The van der Waals surface area contributed by atoms with Crippen LogP contribution >= 0.6 is 0 Å². The molecule has 0 aromatic carbocycles. The van der Waals surface area contributed by atoms with Gasteiger partial charge in [-0.1, -0.05) is 26.2 Å². The highest BCUT2D eigenvalue weighted by Gasteiger charge is 2.31. The molecular weight excluding hydrogens is 176 g/mol. The molecule has 1 amide bonds. The molecule has 1 aliphatic carbocycles. The zero-order valence-electron chi connectivity index (χ0n) is 9.12. The molecule has 0 aromatic heterocycles. The number of rotatable bonds is 3. The van der Waals surface area contributed by atoms with Gasteiger partial charge in [-0.3, -0.25) is 10.1 Å². The van der Waals surface area contributed by atoms with Crippen molar-refractivity contribution in [1.82, 2.24) is 10.2 Å². The number of hydrogen-bond acceptors (Lipinski definition) is 2. The molecule has 3 heteroatoms. The van der Waals surface area contributed by atoms with Crippen LogP contribution in [0.4, 0.5) is 0 Å². The molecule has 1 N–H and O–H groups in total. The highest BCUT2D eigenvalue weighted by Crippen LogP contribution is 2.33. The molecule has 14 heavy (non-hydrogen) atoms. The summed E-state index contributed by atoms with van der Waals surface area (Å²) in [5, 5.41) is 3.18. The van der Waals surface area contributed by atoms with Gasteiger partial charge in [0.2, 0.25) is 5.91 Å². The van der Waals surface area contributed by atoms with Crippen LogP contribution in [-0.4, -0.2) is 30.1 Å². The van der Waals surface area contributed by atoms with Crippen molar-refractivity contribution >= 4 is 5.91 Å². The van der Waals surface area contributed by atoms with Crippen LogP contribution in [0.1, 0.15) is 33.1 Å². The van der Waals surface area contributed by atoms with Crippen molar-refractivity contribution in [1.29, 1.82) is 0 Å². The number of hydrogen-bond donors (Lipinski definition) is 1. The Hall–Kier alpha value is -0.570. The first-order valence-corrected chi connectivity index (χ1v) is 5.70. The summed E-state index contributed by atoms with van der Waals surface area (Å²) in [4.78, 5) is 13.6. The minimum absolute atomic E-state index is 0.0311. The molecule has 0 bridgehead atoms. The van der Waals surface area contributed by atoms with Crippen LogP contribution in [-0.2, 0) is 4.79 Å². The molecule has 80 valence electrons. The van der Waals surface area contributed by atoms with E-state index in [0.29, 0.717) is 5.92 Å². The lowest BCUT2D eigenvalue weighted by Gasteiger charge is -2.33. The molecule has 1 saturated carbocycles. The topological polar surface area (TPSA) is 32.3 Å². The van der Waals surface area contributed by atoms with Crippen molar-refractivity contribution in [3.05, 3.63) is 0 Å². The van der Waals surface area contributed by atoms with E-state index in [4.69, 9.17) is 0 Å². The van der Waals surface area contributed by atoms with Crippen molar-refractivity contribution in [2.24, 2.45) is 11.8 Å². The lowest BCUT2D eigenvalue weighted by Crippen LogP contribution is -2.36. The summed E-state index contributed by atoms with van der Waals surface area (Å²) in [5.41, 5.74) is 0. The normalized spacial score (nSPS) is 30.6. The minimum atomic E-state index is 0.0311. The number of nitrogens with zero attached hydrogens (tertiary/aromatic N) is 1. The smallest absolute Gasteiger partial charge is 0.240 e. The zero-order chi connectivity index (χ0) is 10.1. The molecule has 3 nitrogen and oxygen atoms in total. The van der Waals surface area contributed by atoms with Gasteiger partial charge in [0.15, 0.2) is 0 Å². The standard InChI is InChI=1S/C11H20N2O/c1-8(10-4-3-5-10)6-13-7-12-9(2)11(13)14/h8-10,12H,3-7H2,1-2H3. The zero-order valence-corrected chi connectivity index (χ0v) is 9.12. The highest BCUT2D eigenvalue weighted by molar-refractivity contribution is 5.83. The second-order valence-corrected chi connectivity index (χ2v) is 4.81. The second-order valence-electron chi connectivity index (χ2n) is 4.81. The fourth-order valence-corrected chi connectivity index (χ4v) is 2.35. The van der Waals surface area contributed by atoms with Crippen molar-refractivity contribution in [2.45, 2.75) is 39.2 Å². The number of carbonyl (C=O) groups is 1. The molecule has 0 spiro atoms. The molecule has 2 unspecified atom stereocenters. The van der Waals surface area contributed by atoms with Crippen molar-refractivity contribution in [2.75, 3.05) is 13.2 Å². The van der Waals surface area contributed by atoms with Crippen LogP contribution in [0.2, 0.25) is 0 Å². The Morgan fingerprint density at radius 2 is 2.29 bits per heavy atom. The number of nitrogens with one attached hydrogen (secondary N) is 1. The minimum Gasteiger partial charge on any atom is -0.328 e. The maximum Gasteiger partial charge on any atom is 0.240 e. The third kappa shape index (κ3) is 1.78. The number of carbonyl (C=O) groups excluding carboxylic acids is 1. The average molecular weight is 196 g/mol. The molecule has 2 atom stereocenters. The largest absolute Gasteiger partial charge is 0.328 e. The third-order valence-electron chi connectivity index (χ3n) is 3.73. The Morgan fingerprint density at radius 1 is 1.57 bits per heavy atom. The first-order chi connectivity index (χ1) is 6.68. The van der Waals surface area contributed by atoms with Gasteiger partial charge in [0, 0.05) is 6.54 Å². The molecular formula is C11H20N2O. The second kappa shape index (κ2) is 3.89. The molecule has 1 heterocycles. The molecule has 1 saturated heterocycles. The average Bonchev–Trinajstić information content (AvgIpc) is 2.33. The molecule has 2 rings (SSSR count). The maximum atomic E-state index is 11.6. The summed E-state index contributed by atoms with van der Waals surface area (Å²) in [7, 11) is 0. The Labute approximate surface area is 85.8 Å². The van der Waals surface area contributed by atoms with E-state index in [9.17, 15) is 4.79 Å². The van der Waals surface area contributed by atoms with Crippen molar-refractivity contribution < 1.29 is 4.79 Å². The van der Waals surface area contributed by atoms with E-state index in [0.717, 1.165) is 19.1 Å². The summed E-state index contributed by atoms with van der Waals surface area (Å²) >= 11 is 0. The van der Waals surface area contributed by atoms with Crippen molar-refractivity contribution in [3.63, 3.8) is 0 Å². The monoisotopic (exact) mass is 196 g/mol. The van der Waals surface area contributed by atoms with Crippen molar-refractivity contribution in [3.8, 4) is 0 Å². The van der Waals surface area contributed by atoms with E-state index in [-0.39, 0.29) is 11.9 Å². The highest BCUT2D eigenvalue weighted by atomic mass is 16.2. The van der Waals surface area contributed by atoms with Gasteiger partial charge in [-0.25, -0.2) is 0 Å². The van der Waals surface area contributed by atoms with E-state index in [2.05, 4.69) is 12.2 Å². The summed E-state index contributed by atoms with van der Waals surface area (Å²) in [6.45, 7) is 5.91. The van der Waals surface area contributed by atoms with Gasteiger partial charge in [0.25, 0.3) is 0 Å². The Kier molecular flexibility index (Phi) is 2.77. The summed E-state index contributed by atoms with van der Waals surface area (Å²) in [6.07, 6.45) is 4.12. The molecule has 1 aliphatic heterocycles. The first kappa shape index (κ1) is 9.97. The first-order valence-electron chi connectivity index (χ1n) is 5.70. The van der Waals surface area contributed by atoms with Gasteiger partial charge >= 0.3 is 0 Å². The fraction of sp³-hybridized carbons (Fsp3) is 0.909. The van der Waals surface area contributed by atoms with Gasteiger partial charge in [0.05, 0.1) is 12.7 Å². The Balaban J connectivity index is 1.82. The van der Waals surface area contributed by atoms with Gasteiger partial charge in [-0.2, -0.15) is 0 Å². The van der Waals surface area contributed by atoms with E-state index >= 15 is 0 Å². The fourth-order valence-electron chi connectivity index (χ4n) is 2.35. The van der Waals surface area contributed by atoms with E-state index in [1.54, 1.807) is 0 Å². The SMILES string of the molecule is CC1NCN(CC(C)C2CCC2)C1=O. The van der Waals surface area contributed by atoms with Crippen LogP contribution in [0.25, 0.3) is 0 Å². The Bertz CT molecular complexity index is 225. The van der Waals surface area contributed by atoms with E-state index in [1.165, 1.54) is 19.3 Å². The quantitative estimate of drug-likeness (QED) is 0.735. The van der Waals surface area contributed by atoms with Gasteiger partial charge in [-0.05, 0) is 18.8 Å². The van der Waals surface area contributed by atoms with Crippen LogP contribution in [0, 0.1) is 11.8 Å². The predicted octanol–water partition coefficient (Wildman–Crippen LogP) is 1.20. The molecule has 2 aliphatic rings.